The summed E-state index contributed by atoms with van der Waals surface area (Å²) in [5.41, 5.74) is 1.95. The van der Waals surface area contributed by atoms with Gasteiger partial charge in [-0.25, -0.2) is 8.78 Å². The van der Waals surface area contributed by atoms with Crippen molar-refractivity contribution in [3.8, 4) is 0 Å². The van der Waals surface area contributed by atoms with Crippen LogP contribution in [0.25, 0.3) is 0 Å². The van der Waals surface area contributed by atoms with Crippen molar-refractivity contribution in [2.24, 2.45) is 0 Å². The van der Waals surface area contributed by atoms with Crippen LogP contribution in [0.15, 0.2) is 42.6 Å². The number of aromatic nitrogens is 2. The molecule has 1 N–H and O–H groups in total. The Bertz CT molecular complexity index is 468. The van der Waals surface area contributed by atoms with E-state index in [0.29, 0.717) is 6.54 Å². The second kappa shape index (κ2) is 6.26. The zero-order chi connectivity index (χ0) is 12.8. The second-order valence-corrected chi connectivity index (χ2v) is 4.01. The molecule has 0 aliphatic heterocycles. The molecular formula is C13H15F2N3. The lowest BCUT2D eigenvalue weighted by Crippen LogP contribution is -2.14. The molecule has 3 nitrogen and oxygen atoms in total. The first-order chi connectivity index (χ1) is 8.74. The fraction of sp³-hybridized carbons (Fsp3) is 0.308. The van der Waals surface area contributed by atoms with Gasteiger partial charge in [-0.3, -0.25) is 4.68 Å². The topological polar surface area (TPSA) is 29.9 Å². The maximum absolute atomic E-state index is 12.1. The Morgan fingerprint density at radius 2 is 1.89 bits per heavy atom. The molecule has 0 spiro atoms. The first-order valence-electron chi connectivity index (χ1n) is 5.79. The minimum Gasteiger partial charge on any atom is -0.307 e. The van der Waals surface area contributed by atoms with Crippen molar-refractivity contribution >= 4 is 0 Å². The maximum atomic E-state index is 12.1. The Kier molecular flexibility index (Phi) is 4.41. The summed E-state index contributed by atoms with van der Waals surface area (Å²) in [6.07, 6.45) is -0.791. The van der Waals surface area contributed by atoms with Gasteiger partial charge in [0.05, 0.1) is 5.69 Å². The van der Waals surface area contributed by atoms with E-state index >= 15 is 0 Å². The largest absolute Gasteiger partial charge is 0.307 e. The van der Waals surface area contributed by atoms with Crippen LogP contribution >= 0.6 is 0 Å². The SMILES string of the molecule is FC(F)Cn1ccc(CNCc2ccccc2)n1. The highest BCUT2D eigenvalue weighted by Gasteiger charge is 2.05. The molecule has 5 heteroatoms. The zero-order valence-electron chi connectivity index (χ0n) is 9.89. The Balaban J connectivity index is 1.78. The van der Waals surface area contributed by atoms with E-state index in [-0.39, 0.29) is 6.54 Å². The highest BCUT2D eigenvalue weighted by molar-refractivity contribution is 5.14. The summed E-state index contributed by atoms with van der Waals surface area (Å²) in [6.45, 7) is 0.965. The molecule has 0 saturated carbocycles. The first-order valence-corrected chi connectivity index (χ1v) is 5.79. The maximum Gasteiger partial charge on any atom is 0.257 e. The van der Waals surface area contributed by atoms with Gasteiger partial charge in [0, 0.05) is 19.3 Å². The minimum atomic E-state index is -2.37. The summed E-state index contributed by atoms with van der Waals surface area (Å²) in [5.74, 6) is 0. The van der Waals surface area contributed by atoms with Crippen LogP contribution in [0, 0.1) is 0 Å². The molecule has 1 heterocycles. The molecule has 1 aromatic carbocycles. The van der Waals surface area contributed by atoms with Crippen molar-refractivity contribution in [1.82, 2.24) is 15.1 Å². The monoisotopic (exact) mass is 251 g/mol. The third kappa shape index (κ3) is 3.92. The molecular weight excluding hydrogens is 236 g/mol. The lowest BCUT2D eigenvalue weighted by atomic mass is 10.2. The average molecular weight is 251 g/mol. The lowest BCUT2D eigenvalue weighted by molar-refractivity contribution is 0.121. The van der Waals surface area contributed by atoms with Gasteiger partial charge in [0.1, 0.15) is 6.54 Å². The van der Waals surface area contributed by atoms with Crippen LogP contribution < -0.4 is 5.32 Å². The number of halogens is 2. The molecule has 0 radical (unpaired) electrons. The van der Waals surface area contributed by atoms with Gasteiger partial charge in [-0.2, -0.15) is 5.10 Å². The summed E-state index contributed by atoms with van der Waals surface area (Å²) < 4.78 is 25.5. The molecule has 2 aromatic rings. The van der Waals surface area contributed by atoms with Gasteiger partial charge in [-0.15, -0.1) is 0 Å². The van der Waals surface area contributed by atoms with E-state index in [1.807, 2.05) is 30.3 Å². The summed E-state index contributed by atoms with van der Waals surface area (Å²) >= 11 is 0. The van der Waals surface area contributed by atoms with E-state index in [2.05, 4.69) is 10.4 Å². The van der Waals surface area contributed by atoms with Crippen molar-refractivity contribution in [3.63, 3.8) is 0 Å². The molecule has 0 bridgehead atoms. The van der Waals surface area contributed by atoms with E-state index in [1.54, 1.807) is 12.3 Å². The van der Waals surface area contributed by atoms with Crippen molar-refractivity contribution in [2.75, 3.05) is 0 Å². The zero-order valence-corrected chi connectivity index (χ0v) is 9.89. The Morgan fingerprint density at radius 1 is 1.11 bits per heavy atom. The predicted molar refractivity (Wildman–Crippen MR) is 65.2 cm³/mol. The molecule has 1 aromatic heterocycles. The lowest BCUT2D eigenvalue weighted by Gasteiger charge is -2.03. The van der Waals surface area contributed by atoms with Crippen molar-refractivity contribution in [1.29, 1.82) is 0 Å². The molecule has 96 valence electrons. The van der Waals surface area contributed by atoms with Gasteiger partial charge < -0.3 is 5.32 Å². The molecule has 0 fully saturated rings. The van der Waals surface area contributed by atoms with Crippen molar-refractivity contribution in [2.45, 2.75) is 26.1 Å². The number of hydrogen-bond acceptors (Lipinski definition) is 2. The number of rotatable bonds is 6. The van der Waals surface area contributed by atoms with Gasteiger partial charge in [-0.1, -0.05) is 30.3 Å². The normalized spacial score (nSPS) is 11.1. The quantitative estimate of drug-likeness (QED) is 0.854. The van der Waals surface area contributed by atoms with Gasteiger partial charge in [0.2, 0.25) is 0 Å². The Hall–Kier alpha value is -1.75. The van der Waals surface area contributed by atoms with Crippen LogP contribution in [0.4, 0.5) is 8.78 Å². The fourth-order valence-electron chi connectivity index (χ4n) is 1.67. The molecule has 0 unspecified atom stereocenters. The smallest absolute Gasteiger partial charge is 0.257 e. The summed E-state index contributed by atoms with van der Waals surface area (Å²) in [6, 6.07) is 11.7. The summed E-state index contributed by atoms with van der Waals surface area (Å²) in [7, 11) is 0. The molecule has 18 heavy (non-hydrogen) atoms. The third-order valence-electron chi connectivity index (χ3n) is 2.50. The van der Waals surface area contributed by atoms with E-state index in [4.69, 9.17) is 0 Å². The van der Waals surface area contributed by atoms with Gasteiger partial charge in [-0.05, 0) is 11.6 Å². The Labute approximate surface area is 104 Å². The van der Waals surface area contributed by atoms with E-state index in [9.17, 15) is 8.78 Å². The number of benzene rings is 1. The van der Waals surface area contributed by atoms with Gasteiger partial charge >= 0.3 is 0 Å². The molecule has 0 aliphatic rings. The first kappa shape index (κ1) is 12.7. The van der Waals surface area contributed by atoms with Crippen molar-refractivity contribution in [3.05, 3.63) is 53.9 Å². The van der Waals surface area contributed by atoms with E-state index in [0.717, 1.165) is 12.2 Å². The fourth-order valence-corrected chi connectivity index (χ4v) is 1.67. The standard InChI is InChI=1S/C13H15F2N3/c14-13(15)10-18-7-6-12(17-18)9-16-8-11-4-2-1-3-5-11/h1-7,13,16H,8-10H2. The van der Waals surface area contributed by atoms with Crippen LogP contribution in [-0.4, -0.2) is 16.2 Å². The summed E-state index contributed by atoms with van der Waals surface area (Å²) in [4.78, 5) is 0. The van der Waals surface area contributed by atoms with E-state index < -0.39 is 6.43 Å². The van der Waals surface area contributed by atoms with Crippen LogP contribution in [0.3, 0.4) is 0 Å². The minimum absolute atomic E-state index is 0.349. The predicted octanol–water partition coefficient (Wildman–Crippen LogP) is 2.44. The van der Waals surface area contributed by atoms with Crippen molar-refractivity contribution < 1.29 is 8.78 Å². The van der Waals surface area contributed by atoms with Crippen LogP contribution in [0.2, 0.25) is 0 Å². The number of nitrogens with one attached hydrogen (secondary N) is 1. The van der Waals surface area contributed by atoms with Crippen LogP contribution in [-0.2, 0) is 19.6 Å². The number of alkyl halides is 2. The molecule has 0 atom stereocenters. The molecule has 0 amide bonds. The van der Waals surface area contributed by atoms with E-state index in [1.165, 1.54) is 10.2 Å². The van der Waals surface area contributed by atoms with Gasteiger partial charge in [0.15, 0.2) is 0 Å². The molecule has 0 saturated heterocycles. The molecule has 2 rings (SSSR count). The number of nitrogens with zero attached hydrogens (tertiary/aromatic N) is 2. The Morgan fingerprint density at radius 3 is 2.61 bits per heavy atom. The third-order valence-corrected chi connectivity index (χ3v) is 2.50. The van der Waals surface area contributed by atoms with Crippen LogP contribution in [0.5, 0.6) is 0 Å². The highest BCUT2D eigenvalue weighted by atomic mass is 19.3. The highest BCUT2D eigenvalue weighted by Crippen LogP contribution is 2.02. The van der Waals surface area contributed by atoms with Crippen LogP contribution in [0.1, 0.15) is 11.3 Å². The summed E-state index contributed by atoms with van der Waals surface area (Å²) in [5, 5.41) is 7.28. The second-order valence-electron chi connectivity index (χ2n) is 4.01. The number of hydrogen-bond donors (Lipinski definition) is 1. The van der Waals surface area contributed by atoms with Gasteiger partial charge in [0.25, 0.3) is 6.43 Å². The molecule has 0 aliphatic carbocycles. The average Bonchev–Trinajstić information content (AvgIpc) is 2.77.